The number of ether oxygens (including phenoxy) is 5. The highest BCUT2D eigenvalue weighted by molar-refractivity contribution is 6.02. The number of nitro benzene ring substituents is 1. The Kier molecular flexibility index (Phi) is 8.20. The maximum absolute atomic E-state index is 13.5. The Morgan fingerprint density at radius 1 is 0.889 bits per heavy atom. The number of amides is 2. The van der Waals surface area contributed by atoms with Gasteiger partial charge in [-0.15, -0.1) is 0 Å². The van der Waals surface area contributed by atoms with E-state index in [4.69, 9.17) is 23.7 Å². The van der Waals surface area contributed by atoms with Gasteiger partial charge < -0.3 is 23.7 Å². The molecule has 0 saturated carbocycles. The van der Waals surface area contributed by atoms with Crippen LogP contribution in [0.5, 0.6) is 28.7 Å². The number of rotatable bonds is 9. The van der Waals surface area contributed by atoms with Crippen LogP contribution in [0.3, 0.4) is 0 Å². The molecule has 36 heavy (non-hydrogen) atoms. The molecule has 1 aliphatic heterocycles. The van der Waals surface area contributed by atoms with Crippen LogP contribution in [0.4, 0.5) is 5.69 Å². The van der Waals surface area contributed by atoms with Crippen molar-refractivity contribution in [3.05, 3.63) is 51.6 Å². The number of methoxy groups -OCH3 is 5. The molecule has 0 bridgehead atoms. The molecule has 3 rings (SSSR count). The van der Waals surface area contributed by atoms with Gasteiger partial charge >= 0.3 is 5.69 Å². The number of benzene rings is 2. The van der Waals surface area contributed by atoms with Crippen LogP contribution in [0.25, 0.3) is 6.08 Å². The van der Waals surface area contributed by atoms with E-state index in [0.717, 1.165) is 0 Å². The van der Waals surface area contributed by atoms with Crippen LogP contribution in [0.1, 0.15) is 22.3 Å². The molecule has 2 aromatic carbocycles. The molecular weight excluding hydrogens is 474 g/mol. The van der Waals surface area contributed by atoms with Gasteiger partial charge in [0.1, 0.15) is 17.1 Å². The molecule has 2 aromatic rings. The number of hydrogen-bond donors (Lipinski definition) is 0. The van der Waals surface area contributed by atoms with Crippen LogP contribution in [0.15, 0.2) is 30.3 Å². The highest BCUT2D eigenvalue weighted by Crippen LogP contribution is 2.46. The van der Waals surface area contributed by atoms with Crippen molar-refractivity contribution in [2.24, 2.45) is 0 Å². The lowest BCUT2D eigenvalue weighted by Gasteiger charge is -2.27. The van der Waals surface area contributed by atoms with E-state index in [0.29, 0.717) is 23.5 Å². The molecule has 12 nitrogen and oxygen atoms in total. The van der Waals surface area contributed by atoms with Crippen LogP contribution >= 0.6 is 0 Å². The Labute approximate surface area is 207 Å². The summed E-state index contributed by atoms with van der Waals surface area (Å²) >= 11 is 0. The van der Waals surface area contributed by atoms with Crippen LogP contribution in [0.2, 0.25) is 0 Å². The fourth-order valence-corrected chi connectivity index (χ4v) is 3.89. The quantitative estimate of drug-likeness (QED) is 0.289. The van der Waals surface area contributed by atoms with Crippen molar-refractivity contribution < 1.29 is 38.2 Å². The lowest BCUT2D eigenvalue weighted by molar-refractivity contribution is -0.386. The fourth-order valence-electron chi connectivity index (χ4n) is 3.89. The molecule has 0 spiro atoms. The minimum absolute atomic E-state index is 0.0206. The van der Waals surface area contributed by atoms with Gasteiger partial charge in [0.25, 0.3) is 11.8 Å². The van der Waals surface area contributed by atoms with Crippen LogP contribution in [0, 0.1) is 10.1 Å². The van der Waals surface area contributed by atoms with Crippen molar-refractivity contribution in [1.29, 1.82) is 0 Å². The molecule has 2 amide bonds. The number of nitrogens with zero attached hydrogens (tertiary/aromatic N) is 3. The minimum Gasteiger partial charge on any atom is -0.497 e. The number of nitro groups is 1. The van der Waals surface area contributed by atoms with Gasteiger partial charge in [-0.1, -0.05) is 0 Å². The van der Waals surface area contributed by atoms with Crippen molar-refractivity contribution in [3.63, 3.8) is 0 Å². The summed E-state index contributed by atoms with van der Waals surface area (Å²) in [5.41, 5.74) is -0.286. The topological polar surface area (TPSA) is 130 Å². The molecule has 1 heterocycles. The fraction of sp³-hybridized carbons (Fsp3) is 0.333. The van der Waals surface area contributed by atoms with E-state index in [1.165, 1.54) is 57.7 Å². The largest absolute Gasteiger partial charge is 0.497 e. The summed E-state index contributed by atoms with van der Waals surface area (Å²) in [4.78, 5) is 37.7. The molecule has 1 saturated heterocycles. The third-order valence-electron chi connectivity index (χ3n) is 5.58. The predicted octanol–water partition coefficient (Wildman–Crippen LogP) is 2.94. The normalized spacial score (nSPS) is 13.0. The summed E-state index contributed by atoms with van der Waals surface area (Å²) in [5, 5.41) is 14.3. The Bertz CT molecular complexity index is 1200. The van der Waals surface area contributed by atoms with Gasteiger partial charge in [0.05, 0.1) is 40.5 Å². The van der Waals surface area contributed by atoms with Gasteiger partial charge in [0.2, 0.25) is 11.5 Å². The van der Waals surface area contributed by atoms with Gasteiger partial charge in [0, 0.05) is 30.8 Å². The number of hydrazine groups is 1. The second-order valence-corrected chi connectivity index (χ2v) is 7.48. The average molecular weight is 501 g/mol. The first kappa shape index (κ1) is 26.1. The van der Waals surface area contributed by atoms with Crippen molar-refractivity contribution in [2.45, 2.75) is 6.42 Å². The number of carbonyl (C=O) groups excluding carboxylic acids is 2. The summed E-state index contributed by atoms with van der Waals surface area (Å²) in [5.74, 6) is -0.330. The van der Waals surface area contributed by atoms with Gasteiger partial charge in [0.15, 0.2) is 5.75 Å². The Morgan fingerprint density at radius 3 is 2.14 bits per heavy atom. The third kappa shape index (κ3) is 4.97. The van der Waals surface area contributed by atoms with Crippen molar-refractivity contribution in [3.8, 4) is 28.7 Å². The van der Waals surface area contributed by atoms with E-state index in [2.05, 4.69) is 0 Å². The Balaban J connectivity index is 1.97. The van der Waals surface area contributed by atoms with Gasteiger partial charge in [-0.3, -0.25) is 19.7 Å². The zero-order chi connectivity index (χ0) is 26.4. The van der Waals surface area contributed by atoms with Crippen LogP contribution in [-0.2, 0) is 4.79 Å². The molecule has 1 aliphatic rings. The van der Waals surface area contributed by atoms with Gasteiger partial charge in [-0.05, 0) is 30.7 Å². The first-order chi connectivity index (χ1) is 17.3. The lowest BCUT2D eigenvalue weighted by Crippen LogP contribution is -2.44. The smallest absolute Gasteiger partial charge is 0.327 e. The summed E-state index contributed by atoms with van der Waals surface area (Å²) in [7, 11) is 6.89. The first-order valence-corrected chi connectivity index (χ1v) is 10.8. The highest BCUT2D eigenvalue weighted by atomic mass is 16.6. The standard InChI is InChI=1S/C24H27N3O9/c1-32-16-8-9-18(33-2)15(13-16)7-10-20(28)25-11-6-12-26(25)24(29)17-14-19(34-3)22(35-4)23(36-5)21(17)27(30)31/h7-10,13-14H,6,11-12H2,1-5H3. The van der Waals surface area contributed by atoms with E-state index >= 15 is 0 Å². The van der Waals surface area contributed by atoms with E-state index in [9.17, 15) is 19.7 Å². The van der Waals surface area contributed by atoms with Crippen molar-refractivity contribution in [1.82, 2.24) is 10.0 Å². The van der Waals surface area contributed by atoms with Gasteiger partial charge in [-0.2, -0.15) is 0 Å². The second kappa shape index (κ2) is 11.3. The molecular formula is C24H27N3O9. The molecule has 0 aliphatic carbocycles. The molecule has 12 heteroatoms. The van der Waals surface area contributed by atoms with Crippen LogP contribution in [-0.4, -0.2) is 75.4 Å². The van der Waals surface area contributed by atoms with Crippen molar-refractivity contribution >= 4 is 23.6 Å². The lowest BCUT2D eigenvalue weighted by atomic mass is 10.1. The zero-order valence-electron chi connectivity index (χ0n) is 20.6. The minimum atomic E-state index is -0.751. The summed E-state index contributed by atoms with van der Waals surface area (Å²) in [6.07, 6.45) is 3.34. The van der Waals surface area contributed by atoms with Crippen molar-refractivity contribution in [2.75, 3.05) is 48.6 Å². The highest BCUT2D eigenvalue weighted by Gasteiger charge is 2.38. The summed E-state index contributed by atoms with van der Waals surface area (Å²) < 4.78 is 26.2. The Morgan fingerprint density at radius 2 is 1.56 bits per heavy atom. The molecule has 0 aromatic heterocycles. The number of hydrogen-bond acceptors (Lipinski definition) is 9. The molecule has 0 radical (unpaired) electrons. The SMILES string of the molecule is COc1ccc(OC)c(C=CC(=O)N2CCCN2C(=O)c2cc(OC)c(OC)c(OC)c2[N+](=O)[O-])c1. The van der Waals surface area contributed by atoms with E-state index in [1.54, 1.807) is 24.3 Å². The van der Waals surface area contributed by atoms with Crippen LogP contribution < -0.4 is 23.7 Å². The average Bonchev–Trinajstić information content (AvgIpc) is 3.39. The third-order valence-corrected chi connectivity index (χ3v) is 5.58. The van der Waals surface area contributed by atoms with E-state index < -0.39 is 22.4 Å². The second-order valence-electron chi connectivity index (χ2n) is 7.48. The molecule has 0 atom stereocenters. The molecule has 0 N–H and O–H groups in total. The number of carbonyl (C=O) groups is 2. The predicted molar refractivity (Wildman–Crippen MR) is 129 cm³/mol. The molecule has 0 unspecified atom stereocenters. The maximum Gasteiger partial charge on any atom is 0.327 e. The molecule has 192 valence electrons. The first-order valence-electron chi connectivity index (χ1n) is 10.8. The Hall–Kier alpha value is -4.48. The summed E-state index contributed by atoms with van der Waals surface area (Å²) in [6, 6.07) is 6.34. The summed E-state index contributed by atoms with van der Waals surface area (Å²) in [6.45, 7) is 0.442. The molecule has 1 fully saturated rings. The monoisotopic (exact) mass is 501 g/mol. The van der Waals surface area contributed by atoms with E-state index in [1.807, 2.05) is 0 Å². The zero-order valence-corrected chi connectivity index (χ0v) is 20.6. The van der Waals surface area contributed by atoms with E-state index in [-0.39, 0.29) is 35.9 Å². The van der Waals surface area contributed by atoms with Gasteiger partial charge in [-0.25, -0.2) is 10.0 Å². The maximum atomic E-state index is 13.5.